The zero-order chi connectivity index (χ0) is 27.0. The first-order chi connectivity index (χ1) is 19.1. The standard InChI is InChI=1S/C29H31N9O/c1-36-28(13-16-33-36)34-24-8-10-25(11-9-24)38(29(39)32-20-22-5-3-2-4-6-22)26-14-17-37(18-15-26)35-27-12-7-23(19-30)21-31-27/h2-13,16,21,26,34H,14-15,17-18,20H2,1H3,(H,31,35)(H,32,39). The molecule has 2 aromatic heterocycles. The van der Waals surface area contributed by atoms with Crippen molar-refractivity contribution in [3.63, 3.8) is 0 Å². The minimum absolute atomic E-state index is 0.0311. The van der Waals surface area contributed by atoms with Crippen LogP contribution in [0.15, 0.2) is 85.2 Å². The van der Waals surface area contributed by atoms with Crippen LogP contribution in [0, 0.1) is 11.3 Å². The Morgan fingerprint density at radius 1 is 1.05 bits per heavy atom. The monoisotopic (exact) mass is 521 g/mol. The number of aryl methyl sites for hydroxylation is 1. The predicted octanol–water partition coefficient (Wildman–Crippen LogP) is 4.64. The second-order valence-electron chi connectivity index (χ2n) is 9.40. The van der Waals surface area contributed by atoms with Crippen molar-refractivity contribution in [3.8, 4) is 6.07 Å². The van der Waals surface area contributed by atoms with Gasteiger partial charge in [-0.05, 0) is 54.8 Å². The number of amides is 2. The molecule has 1 aliphatic heterocycles. The van der Waals surface area contributed by atoms with Crippen LogP contribution in [-0.4, -0.2) is 44.9 Å². The average molecular weight is 522 g/mol. The number of anilines is 4. The van der Waals surface area contributed by atoms with E-state index in [9.17, 15) is 4.79 Å². The minimum Gasteiger partial charge on any atom is -0.340 e. The lowest BCUT2D eigenvalue weighted by atomic mass is 10.0. The molecule has 0 saturated carbocycles. The lowest BCUT2D eigenvalue weighted by Gasteiger charge is -2.38. The summed E-state index contributed by atoms with van der Waals surface area (Å²) in [5.41, 5.74) is 6.66. The molecule has 1 aliphatic rings. The fraction of sp³-hybridized carbons (Fsp3) is 0.241. The number of hydrazine groups is 1. The summed E-state index contributed by atoms with van der Waals surface area (Å²) in [6.07, 6.45) is 4.88. The van der Waals surface area contributed by atoms with Crippen molar-refractivity contribution < 1.29 is 4.79 Å². The zero-order valence-electron chi connectivity index (χ0n) is 21.8. The van der Waals surface area contributed by atoms with Gasteiger partial charge in [0.05, 0.1) is 11.8 Å². The Hall–Kier alpha value is -4.88. The van der Waals surface area contributed by atoms with Gasteiger partial charge in [-0.3, -0.25) is 9.58 Å². The summed E-state index contributed by atoms with van der Waals surface area (Å²) in [5, 5.41) is 21.8. The Morgan fingerprint density at radius 2 is 1.82 bits per heavy atom. The molecule has 0 unspecified atom stereocenters. The van der Waals surface area contributed by atoms with E-state index in [1.807, 2.05) is 72.6 Å². The molecular formula is C29H31N9O. The van der Waals surface area contributed by atoms with Crippen LogP contribution < -0.4 is 21.0 Å². The summed E-state index contributed by atoms with van der Waals surface area (Å²) in [7, 11) is 1.88. The largest absolute Gasteiger partial charge is 0.340 e. The summed E-state index contributed by atoms with van der Waals surface area (Å²) >= 11 is 0. The molecule has 3 N–H and O–H groups in total. The Morgan fingerprint density at radius 3 is 2.46 bits per heavy atom. The van der Waals surface area contributed by atoms with Crippen molar-refractivity contribution in [2.75, 3.05) is 28.7 Å². The molecule has 4 aromatic rings. The Labute approximate surface area is 227 Å². The molecule has 2 aromatic carbocycles. The third kappa shape index (κ3) is 6.52. The second kappa shape index (κ2) is 12.1. The molecule has 2 amide bonds. The topological polar surface area (TPSA) is 114 Å². The first kappa shape index (κ1) is 25.8. The molecule has 5 rings (SSSR count). The molecule has 1 fully saturated rings. The van der Waals surface area contributed by atoms with E-state index in [0.717, 1.165) is 48.7 Å². The first-order valence-electron chi connectivity index (χ1n) is 12.9. The fourth-order valence-corrected chi connectivity index (χ4v) is 4.63. The highest BCUT2D eigenvalue weighted by molar-refractivity contribution is 5.93. The highest BCUT2D eigenvalue weighted by atomic mass is 16.2. The number of nitrogens with one attached hydrogen (secondary N) is 3. The third-order valence-electron chi connectivity index (χ3n) is 6.74. The van der Waals surface area contributed by atoms with E-state index in [1.54, 1.807) is 29.2 Å². The zero-order valence-corrected chi connectivity index (χ0v) is 21.8. The van der Waals surface area contributed by atoms with E-state index in [0.29, 0.717) is 17.9 Å². The molecule has 0 spiro atoms. The van der Waals surface area contributed by atoms with Crippen LogP contribution in [0.2, 0.25) is 0 Å². The van der Waals surface area contributed by atoms with Crippen LogP contribution in [0.25, 0.3) is 0 Å². The van der Waals surface area contributed by atoms with Gasteiger partial charge in [0.25, 0.3) is 0 Å². The molecule has 0 bridgehead atoms. The maximum Gasteiger partial charge on any atom is 0.322 e. The number of rotatable bonds is 8. The van der Waals surface area contributed by atoms with Gasteiger partial charge in [0.2, 0.25) is 0 Å². The van der Waals surface area contributed by atoms with E-state index in [2.05, 4.69) is 37.2 Å². The normalized spacial score (nSPS) is 13.8. The minimum atomic E-state index is -0.119. The van der Waals surface area contributed by atoms with E-state index in [4.69, 9.17) is 5.26 Å². The van der Waals surface area contributed by atoms with Gasteiger partial charge in [0.15, 0.2) is 0 Å². The number of urea groups is 1. The molecule has 10 nitrogen and oxygen atoms in total. The number of benzene rings is 2. The van der Waals surface area contributed by atoms with Crippen LogP contribution >= 0.6 is 0 Å². The van der Waals surface area contributed by atoms with Crippen molar-refractivity contribution in [2.45, 2.75) is 25.4 Å². The summed E-state index contributed by atoms with van der Waals surface area (Å²) in [6.45, 7) is 1.95. The number of nitrogens with zero attached hydrogens (tertiary/aromatic N) is 6. The van der Waals surface area contributed by atoms with Crippen LogP contribution in [0.4, 0.5) is 27.8 Å². The van der Waals surface area contributed by atoms with Gasteiger partial charge in [-0.25, -0.2) is 14.8 Å². The molecule has 0 radical (unpaired) electrons. The molecule has 1 saturated heterocycles. The quantitative estimate of drug-likeness (QED) is 0.310. The van der Waals surface area contributed by atoms with Gasteiger partial charge in [0.1, 0.15) is 17.7 Å². The van der Waals surface area contributed by atoms with Crippen LogP contribution in [0.5, 0.6) is 0 Å². The second-order valence-corrected chi connectivity index (χ2v) is 9.40. The predicted molar refractivity (Wildman–Crippen MR) is 151 cm³/mol. The van der Waals surface area contributed by atoms with Crippen molar-refractivity contribution >= 4 is 29.0 Å². The number of hydrogen-bond donors (Lipinski definition) is 3. The summed E-state index contributed by atoms with van der Waals surface area (Å²) < 4.78 is 1.77. The average Bonchev–Trinajstić information content (AvgIpc) is 3.38. The number of hydrogen-bond acceptors (Lipinski definition) is 7. The number of carbonyl (C=O) groups excluding carboxylic acids is 1. The summed E-state index contributed by atoms with van der Waals surface area (Å²) in [4.78, 5) is 19.7. The smallest absolute Gasteiger partial charge is 0.322 e. The third-order valence-corrected chi connectivity index (χ3v) is 6.74. The number of pyridine rings is 1. The van der Waals surface area contributed by atoms with Crippen molar-refractivity contribution in [1.29, 1.82) is 5.26 Å². The van der Waals surface area contributed by atoms with Gasteiger partial charge in [-0.2, -0.15) is 10.4 Å². The van der Waals surface area contributed by atoms with E-state index in [1.165, 1.54) is 0 Å². The van der Waals surface area contributed by atoms with Crippen molar-refractivity contribution in [2.24, 2.45) is 7.05 Å². The number of nitriles is 1. The molecule has 0 aliphatic carbocycles. The SMILES string of the molecule is Cn1nccc1Nc1ccc(N(C(=O)NCc2ccccc2)C2CCN(Nc3ccc(C#N)cn3)CC2)cc1. The fourth-order valence-electron chi connectivity index (χ4n) is 4.63. The Balaban J connectivity index is 1.28. The maximum absolute atomic E-state index is 13.6. The molecular weight excluding hydrogens is 490 g/mol. The first-order valence-corrected chi connectivity index (χ1v) is 12.9. The lowest BCUT2D eigenvalue weighted by Crippen LogP contribution is -2.51. The Bertz CT molecular complexity index is 1400. The van der Waals surface area contributed by atoms with E-state index >= 15 is 0 Å². The van der Waals surface area contributed by atoms with E-state index in [-0.39, 0.29) is 12.1 Å². The van der Waals surface area contributed by atoms with Crippen molar-refractivity contribution in [3.05, 3.63) is 96.3 Å². The van der Waals surface area contributed by atoms with E-state index < -0.39 is 0 Å². The maximum atomic E-state index is 13.6. The van der Waals surface area contributed by atoms with Crippen LogP contribution in [0.1, 0.15) is 24.0 Å². The van der Waals surface area contributed by atoms with Crippen molar-refractivity contribution in [1.82, 2.24) is 25.1 Å². The molecule has 39 heavy (non-hydrogen) atoms. The van der Waals surface area contributed by atoms with Crippen LogP contribution in [0.3, 0.4) is 0 Å². The molecule has 0 atom stereocenters. The van der Waals surface area contributed by atoms with Gasteiger partial charge < -0.3 is 16.1 Å². The number of carbonyl (C=O) groups is 1. The lowest BCUT2D eigenvalue weighted by molar-refractivity contribution is 0.225. The van der Waals surface area contributed by atoms with Crippen LogP contribution in [-0.2, 0) is 13.6 Å². The van der Waals surface area contributed by atoms with Gasteiger partial charge in [-0.15, -0.1) is 0 Å². The summed E-state index contributed by atoms with van der Waals surface area (Å²) in [6, 6.07) is 25.3. The number of aromatic nitrogens is 3. The highest BCUT2D eigenvalue weighted by Crippen LogP contribution is 2.27. The van der Waals surface area contributed by atoms with Gasteiger partial charge >= 0.3 is 6.03 Å². The number of piperidine rings is 1. The molecule has 198 valence electrons. The molecule has 3 heterocycles. The summed E-state index contributed by atoms with van der Waals surface area (Å²) in [5.74, 6) is 1.58. The van der Waals surface area contributed by atoms with Gasteiger partial charge in [0, 0.05) is 56.4 Å². The molecule has 10 heteroatoms. The Kier molecular flexibility index (Phi) is 8.00. The highest BCUT2D eigenvalue weighted by Gasteiger charge is 2.29. The van der Waals surface area contributed by atoms with Gasteiger partial charge in [-0.1, -0.05) is 30.3 Å².